The fraction of sp³-hybridized carbons (Fsp3) is 0.690. The van der Waals surface area contributed by atoms with Crippen molar-refractivity contribution in [3.8, 4) is 0 Å². The van der Waals surface area contributed by atoms with Crippen LogP contribution in [-0.2, 0) is 4.79 Å². The number of hydrogen-bond donors (Lipinski definition) is 1. The van der Waals surface area contributed by atoms with Crippen LogP contribution >= 0.6 is 0 Å². The van der Waals surface area contributed by atoms with Crippen molar-refractivity contribution in [1.82, 2.24) is 0 Å². The van der Waals surface area contributed by atoms with Gasteiger partial charge in [-0.2, -0.15) is 0 Å². The number of aliphatic hydroxyl groups excluding tert-OH is 1. The normalized spacial score (nSPS) is 46.8. The van der Waals surface area contributed by atoms with E-state index in [4.69, 9.17) is 0 Å². The Morgan fingerprint density at radius 2 is 1.91 bits per heavy atom. The van der Waals surface area contributed by atoms with Gasteiger partial charge in [-0.25, -0.2) is 0 Å². The van der Waals surface area contributed by atoms with Gasteiger partial charge in [0.1, 0.15) is 0 Å². The molecule has 3 heteroatoms. The van der Waals surface area contributed by atoms with Gasteiger partial charge in [-0.05, 0) is 97.0 Å². The SMILES string of the molecule is CC(=O)N1c2ccccc2[C@@H](C)[C@H]2[C@H]1C[C@H]1[C@@H]3CC=C4C[C@@H](O)CC[C@]4(C)[C@H]3CC[C@]21C. The van der Waals surface area contributed by atoms with Crippen LogP contribution in [0.5, 0.6) is 0 Å². The number of para-hydroxylation sites is 1. The number of allylic oxidation sites excluding steroid dienone is 1. The van der Waals surface area contributed by atoms with Gasteiger partial charge in [0, 0.05) is 18.7 Å². The van der Waals surface area contributed by atoms with E-state index in [-0.39, 0.29) is 17.4 Å². The second-order valence-corrected chi connectivity index (χ2v) is 12.3. The maximum absolute atomic E-state index is 13.0. The molecular weight excluding hydrogens is 394 g/mol. The lowest BCUT2D eigenvalue weighted by Crippen LogP contribution is -2.52. The van der Waals surface area contributed by atoms with Crippen molar-refractivity contribution in [2.24, 2.45) is 34.5 Å². The number of amides is 1. The molecule has 0 aromatic heterocycles. The Bertz CT molecular complexity index is 983. The molecule has 1 aromatic rings. The number of benzene rings is 1. The predicted molar refractivity (Wildman–Crippen MR) is 128 cm³/mol. The first kappa shape index (κ1) is 21.0. The predicted octanol–water partition coefficient (Wildman–Crippen LogP) is 6.08. The summed E-state index contributed by atoms with van der Waals surface area (Å²) in [7, 11) is 0. The smallest absolute Gasteiger partial charge is 0.224 e. The molecule has 1 heterocycles. The molecule has 6 rings (SSSR count). The molecular formula is C29H39NO2. The molecule has 1 N–H and O–H groups in total. The minimum absolute atomic E-state index is 0.141. The third-order valence-electron chi connectivity index (χ3n) is 11.1. The molecule has 1 amide bonds. The average molecular weight is 434 g/mol. The highest BCUT2D eigenvalue weighted by atomic mass is 16.3. The Morgan fingerprint density at radius 3 is 2.69 bits per heavy atom. The average Bonchev–Trinajstić information content (AvgIpc) is 3.07. The largest absolute Gasteiger partial charge is 0.393 e. The summed E-state index contributed by atoms with van der Waals surface area (Å²) < 4.78 is 0. The Kier molecular flexibility index (Phi) is 4.55. The summed E-state index contributed by atoms with van der Waals surface area (Å²) in [4.78, 5) is 15.1. The zero-order valence-corrected chi connectivity index (χ0v) is 20.2. The van der Waals surface area contributed by atoms with Crippen molar-refractivity contribution in [2.45, 2.75) is 90.7 Å². The molecule has 3 saturated carbocycles. The fourth-order valence-corrected chi connectivity index (χ4v) is 9.73. The fourth-order valence-electron chi connectivity index (χ4n) is 9.73. The van der Waals surface area contributed by atoms with Crippen LogP contribution < -0.4 is 4.90 Å². The molecule has 0 saturated heterocycles. The van der Waals surface area contributed by atoms with Gasteiger partial charge in [-0.1, -0.05) is 50.6 Å². The van der Waals surface area contributed by atoms with Crippen LogP contribution in [0, 0.1) is 34.5 Å². The van der Waals surface area contributed by atoms with E-state index in [1.807, 2.05) is 0 Å². The summed E-state index contributed by atoms with van der Waals surface area (Å²) in [6.07, 6.45) is 10.3. The van der Waals surface area contributed by atoms with Gasteiger partial charge in [-0.15, -0.1) is 0 Å². The van der Waals surface area contributed by atoms with Crippen molar-refractivity contribution in [2.75, 3.05) is 4.90 Å². The van der Waals surface area contributed by atoms with Crippen molar-refractivity contribution in [3.05, 3.63) is 41.5 Å². The zero-order chi connectivity index (χ0) is 22.4. The molecule has 1 aliphatic heterocycles. The van der Waals surface area contributed by atoms with Gasteiger partial charge in [0.25, 0.3) is 0 Å². The highest BCUT2D eigenvalue weighted by Gasteiger charge is 2.64. The second-order valence-electron chi connectivity index (χ2n) is 12.3. The van der Waals surface area contributed by atoms with Crippen molar-refractivity contribution in [1.29, 1.82) is 0 Å². The van der Waals surface area contributed by atoms with E-state index in [0.29, 0.717) is 35.1 Å². The molecule has 1 aromatic carbocycles. The Hall–Kier alpha value is -1.61. The standard InChI is InChI=1S/C29H39NO2/c1-17-21-7-5-6-8-25(21)30(18(2)31)26-16-24-22-10-9-19-15-20(32)11-13-28(19,3)23(22)12-14-29(24,4)27(17)26/h5-9,17,20,22-24,26-27,32H,10-16H2,1-4H3/t17-,20+,22-,23+,24+,26-,27+,28+,29+/m1/s1. The van der Waals surface area contributed by atoms with Crippen molar-refractivity contribution in [3.63, 3.8) is 0 Å². The highest BCUT2D eigenvalue weighted by Crippen LogP contribution is 2.69. The zero-order valence-electron chi connectivity index (χ0n) is 20.2. The van der Waals surface area contributed by atoms with Crippen LogP contribution in [0.1, 0.15) is 84.1 Å². The Morgan fingerprint density at radius 1 is 1.12 bits per heavy atom. The summed E-state index contributed by atoms with van der Waals surface area (Å²) >= 11 is 0. The van der Waals surface area contributed by atoms with Crippen LogP contribution in [0.3, 0.4) is 0 Å². The highest BCUT2D eigenvalue weighted by molar-refractivity contribution is 5.94. The van der Waals surface area contributed by atoms with E-state index in [1.165, 1.54) is 24.8 Å². The number of carbonyl (C=O) groups excluding carboxylic acids is 1. The third kappa shape index (κ3) is 2.61. The molecule has 9 atom stereocenters. The van der Waals surface area contributed by atoms with Gasteiger partial charge in [-0.3, -0.25) is 4.79 Å². The third-order valence-corrected chi connectivity index (χ3v) is 11.1. The molecule has 32 heavy (non-hydrogen) atoms. The first-order valence-electron chi connectivity index (χ1n) is 13.0. The van der Waals surface area contributed by atoms with E-state index in [2.05, 4.69) is 56.0 Å². The molecule has 3 nitrogen and oxygen atoms in total. The first-order valence-corrected chi connectivity index (χ1v) is 13.0. The molecule has 3 fully saturated rings. The number of hydrogen-bond acceptors (Lipinski definition) is 2. The molecule has 4 aliphatic carbocycles. The molecule has 0 radical (unpaired) electrons. The van der Waals surface area contributed by atoms with E-state index in [1.54, 1.807) is 12.5 Å². The number of nitrogens with zero attached hydrogens (tertiary/aromatic N) is 1. The Labute approximate surface area is 193 Å². The number of fused-ring (bicyclic) bond motifs is 8. The van der Waals surface area contributed by atoms with E-state index in [0.717, 1.165) is 37.3 Å². The number of carbonyl (C=O) groups is 1. The van der Waals surface area contributed by atoms with Crippen LogP contribution in [0.4, 0.5) is 5.69 Å². The lowest BCUT2D eigenvalue weighted by atomic mass is 9.47. The van der Waals surface area contributed by atoms with Crippen molar-refractivity contribution >= 4 is 11.6 Å². The summed E-state index contributed by atoms with van der Waals surface area (Å²) in [5, 5.41) is 10.3. The molecule has 5 aliphatic rings. The van der Waals surface area contributed by atoms with E-state index >= 15 is 0 Å². The second kappa shape index (κ2) is 6.95. The minimum Gasteiger partial charge on any atom is -0.393 e. The lowest BCUT2D eigenvalue weighted by Gasteiger charge is -2.58. The maximum atomic E-state index is 13.0. The summed E-state index contributed by atoms with van der Waals surface area (Å²) in [6.45, 7) is 9.28. The van der Waals surface area contributed by atoms with Gasteiger partial charge in [0.15, 0.2) is 0 Å². The number of rotatable bonds is 0. The first-order chi connectivity index (χ1) is 15.3. The number of aliphatic hydroxyl groups is 1. The van der Waals surface area contributed by atoms with Crippen LogP contribution in [0.2, 0.25) is 0 Å². The summed E-state index contributed by atoms with van der Waals surface area (Å²) in [5.41, 5.74) is 4.63. The maximum Gasteiger partial charge on any atom is 0.224 e. The molecule has 0 unspecified atom stereocenters. The van der Waals surface area contributed by atoms with Crippen LogP contribution in [-0.4, -0.2) is 23.2 Å². The lowest BCUT2D eigenvalue weighted by molar-refractivity contribution is -0.117. The Balaban J connectivity index is 1.41. The quantitative estimate of drug-likeness (QED) is 0.504. The topological polar surface area (TPSA) is 40.5 Å². The van der Waals surface area contributed by atoms with Crippen LogP contribution in [0.25, 0.3) is 0 Å². The monoisotopic (exact) mass is 433 g/mol. The molecule has 172 valence electrons. The summed E-state index contributed by atoms with van der Waals surface area (Å²) in [5.74, 6) is 3.37. The summed E-state index contributed by atoms with van der Waals surface area (Å²) in [6, 6.07) is 9.00. The molecule has 0 bridgehead atoms. The van der Waals surface area contributed by atoms with Crippen LogP contribution in [0.15, 0.2) is 35.9 Å². The van der Waals surface area contributed by atoms with Gasteiger partial charge in [0.2, 0.25) is 5.91 Å². The van der Waals surface area contributed by atoms with E-state index < -0.39 is 0 Å². The van der Waals surface area contributed by atoms with Gasteiger partial charge < -0.3 is 10.0 Å². The number of anilines is 1. The minimum atomic E-state index is -0.141. The van der Waals surface area contributed by atoms with Crippen molar-refractivity contribution < 1.29 is 9.90 Å². The van der Waals surface area contributed by atoms with Gasteiger partial charge >= 0.3 is 0 Å². The molecule has 0 spiro atoms. The van der Waals surface area contributed by atoms with Gasteiger partial charge in [0.05, 0.1) is 6.10 Å². The van der Waals surface area contributed by atoms with E-state index in [9.17, 15) is 9.90 Å².